The molecule has 4 atom stereocenters. The van der Waals surface area contributed by atoms with E-state index in [1.54, 1.807) is 37.3 Å². The summed E-state index contributed by atoms with van der Waals surface area (Å²) >= 11 is 0. The van der Waals surface area contributed by atoms with E-state index in [0.29, 0.717) is 31.6 Å². The van der Waals surface area contributed by atoms with Gasteiger partial charge < -0.3 is 9.47 Å². The molecule has 1 aromatic rings. The molecular formula is C23H26N2O6. The fourth-order valence-electron chi connectivity index (χ4n) is 6.25. The van der Waals surface area contributed by atoms with Crippen molar-refractivity contribution in [1.29, 1.82) is 0 Å². The van der Waals surface area contributed by atoms with Gasteiger partial charge in [0.15, 0.2) is 5.78 Å². The summed E-state index contributed by atoms with van der Waals surface area (Å²) in [5.74, 6) is -4.42. The van der Waals surface area contributed by atoms with Gasteiger partial charge in [0.25, 0.3) is 0 Å². The van der Waals surface area contributed by atoms with Gasteiger partial charge in [-0.15, -0.1) is 0 Å². The van der Waals surface area contributed by atoms with E-state index < -0.39 is 52.1 Å². The van der Waals surface area contributed by atoms with E-state index in [9.17, 15) is 19.2 Å². The number of benzene rings is 1. The van der Waals surface area contributed by atoms with Crippen LogP contribution >= 0.6 is 0 Å². The minimum Gasteiger partial charge on any atom is -0.463 e. The third-order valence-corrected chi connectivity index (χ3v) is 7.52. The van der Waals surface area contributed by atoms with Crippen molar-refractivity contribution in [3.8, 4) is 0 Å². The first-order valence-corrected chi connectivity index (χ1v) is 11.0. The van der Waals surface area contributed by atoms with Gasteiger partial charge in [0.2, 0.25) is 17.4 Å². The highest BCUT2D eigenvalue weighted by Crippen LogP contribution is 2.75. The number of para-hydroxylation sites is 1. The van der Waals surface area contributed by atoms with Crippen molar-refractivity contribution in [3.05, 3.63) is 30.3 Å². The number of rotatable bonds is 6. The van der Waals surface area contributed by atoms with Crippen LogP contribution in [0.5, 0.6) is 0 Å². The number of Topliss-reactive ketones (excluding diaryl/α,β-unsaturated/α-hetero) is 1. The summed E-state index contributed by atoms with van der Waals surface area (Å²) in [6.45, 7) is 6.57. The number of anilines is 1. The Morgan fingerprint density at radius 3 is 2.23 bits per heavy atom. The van der Waals surface area contributed by atoms with Crippen LogP contribution in [-0.2, 0) is 28.7 Å². The summed E-state index contributed by atoms with van der Waals surface area (Å²) in [6, 6.07) is 8.63. The van der Waals surface area contributed by atoms with E-state index in [4.69, 9.17) is 9.47 Å². The number of fused-ring (bicyclic) bond motifs is 6. The summed E-state index contributed by atoms with van der Waals surface area (Å²) in [5.41, 5.74) is -3.93. The molecule has 2 amide bonds. The van der Waals surface area contributed by atoms with E-state index in [2.05, 4.69) is 0 Å². The van der Waals surface area contributed by atoms with E-state index >= 15 is 0 Å². The first-order chi connectivity index (χ1) is 14.9. The summed E-state index contributed by atoms with van der Waals surface area (Å²) in [7, 11) is 0. The minimum atomic E-state index is -2.07. The average molecular weight is 426 g/mol. The van der Waals surface area contributed by atoms with Crippen molar-refractivity contribution >= 4 is 29.3 Å². The Bertz CT molecular complexity index is 985. The van der Waals surface area contributed by atoms with E-state index in [0.717, 1.165) is 4.90 Å². The topological polar surface area (TPSA) is 93.2 Å². The lowest BCUT2D eigenvalue weighted by Gasteiger charge is -2.45. The number of carbonyl (C=O) groups is 4. The van der Waals surface area contributed by atoms with Crippen molar-refractivity contribution < 1.29 is 28.7 Å². The van der Waals surface area contributed by atoms with Crippen LogP contribution in [0, 0.1) is 17.3 Å². The van der Waals surface area contributed by atoms with Gasteiger partial charge in [0, 0.05) is 0 Å². The van der Waals surface area contributed by atoms with Gasteiger partial charge in [-0.3, -0.25) is 19.3 Å². The number of ether oxygens (including phenoxy) is 2. The molecule has 0 aromatic heterocycles. The molecule has 4 aliphatic rings. The predicted molar refractivity (Wildman–Crippen MR) is 109 cm³/mol. The molecular weight excluding hydrogens is 400 g/mol. The number of nitrogens with zero attached hydrogens (tertiary/aromatic N) is 2. The molecule has 4 fully saturated rings. The number of hydrogen-bond donors (Lipinski definition) is 0. The van der Waals surface area contributed by atoms with Crippen molar-refractivity contribution in [2.75, 3.05) is 24.6 Å². The van der Waals surface area contributed by atoms with Gasteiger partial charge >= 0.3 is 5.97 Å². The zero-order valence-electron chi connectivity index (χ0n) is 17.9. The summed E-state index contributed by atoms with van der Waals surface area (Å²) < 4.78 is 11.7. The maximum absolute atomic E-state index is 13.8. The number of hydrogen-bond acceptors (Lipinski definition) is 7. The van der Waals surface area contributed by atoms with Gasteiger partial charge in [-0.05, 0) is 45.0 Å². The summed E-state index contributed by atoms with van der Waals surface area (Å²) in [5, 5.41) is 0. The molecule has 1 aromatic carbocycles. The summed E-state index contributed by atoms with van der Waals surface area (Å²) in [6.07, 6.45) is 1.05. The molecule has 0 N–H and O–H groups in total. The molecule has 5 rings (SSSR count). The van der Waals surface area contributed by atoms with Gasteiger partial charge in [0.05, 0.1) is 23.6 Å². The molecule has 1 spiro atoms. The lowest BCUT2D eigenvalue weighted by atomic mass is 9.62. The smallest absolute Gasteiger partial charge is 0.347 e. The zero-order chi connectivity index (χ0) is 22.2. The van der Waals surface area contributed by atoms with Crippen LogP contribution in [0.4, 0.5) is 5.69 Å². The van der Waals surface area contributed by atoms with Crippen LogP contribution in [0.1, 0.15) is 33.6 Å². The molecule has 3 saturated heterocycles. The monoisotopic (exact) mass is 426 g/mol. The first kappa shape index (κ1) is 20.3. The fourth-order valence-corrected chi connectivity index (χ4v) is 6.25. The number of carbonyl (C=O) groups excluding carboxylic acids is 4. The molecule has 31 heavy (non-hydrogen) atoms. The van der Waals surface area contributed by atoms with Crippen molar-refractivity contribution in [2.45, 2.75) is 44.9 Å². The highest BCUT2D eigenvalue weighted by atomic mass is 16.6. The van der Waals surface area contributed by atoms with Crippen molar-refractivity contribution in [1.82, 2.24) is 4.90 Å². The molecule has 1 aliphatic carbocycles. The fraction of sp³-hybridized carbons (Fsp3) is 0.565. The van der Waals surface area contributed by atoms with Crippen LogP contribution in [0.15, 0.2) is 30.3 Å². The molecule has 0 radical (unpaired) electrons. The molecule has 3 heterocycles. The maximum atomic E-state index is 13.8. The molecule has 2 bridgehead atoms. The quantitative estimate of drug-likeness (QED) is 0.387. The Labute approximate surface area is 180 Å². The highest BCUT2D eigenvalue weighted by Gasteiger charge is 2.93. The molecule has 1 saturated carbocycles. The van der Waals surface area contributed by atoms with E-state index in [-0.39, 0.29) is 6.61 Å². The first-order valence-electron chi connectivity index (χ1n) is 11.0. The lowest BCUT2D eigenvalue weighted by Crippen LogP contribution is -2.63. The van der Waals surface area contributed by atoms with E-state index in [1.165, 1.54) is 0 Å². The SMILES string of the molecule is CCOC(=O)[C@@]12O[C@@](N(CC)CC)([C@H]3C(=O)N(c4ccccc4)C(=O)[C@H]31)C1(CC1)C2=O. The Balaban J connectivity index is 1.74. The maximum Gasteiger partial charge on any atom is 0.347 e. The largest absolute Gasteiger partial charge is 0.463 e. The number of amides is 2. The Kier molecular flexibility index (Phi) is 4.24. The van der Waals surface area contributed by atoms with Gasteiger partial charge in [-0.25, -0.2) is 9.69 Å². The third-order valence-electron chi connectivity index (χ3n) is 7.52. The molecule has 0 unspecified atom stereocenters. The second-order valence-electron chi connectivity index (χ2n) is 8.64. The van der Waals surface area contributed by atoms with Crippen LogP contribution in [-0.4, -0.2) is 59.5 Å². The number of imide groups is 1. The standard InChI is InChI=1S/C23H26N2O6/c1-4-24(5-2)23-16-15(17(26)25(18(16)27)14-10-8-7-9-11-14)22(31-23,20(29)30-6-3)19(28)21(23)12-13-21/h7-11,15-16H,4-6,12-13H2,1-3H3/t15-,16+,22+,23-/m0/s1. The number of ketones is 1. The molecule has 8 nitrogen and oxygen atoms in total. The summed E-state index contributed by atoms with van der Waals surface area (Å²) in [4.78, 5) is 57.6. The van der Waals surface area contributed by atoms with Crippen molar-refractivity contribution in [2.24, 2.45) is 17.3 Å². The van der Waals surface area contributed by atoms with Crippen LogP contribution in [0.25, 0.3) is 0 Å². The second-order valence-corrected chi connectivity index (χ2v) is 8.64. The van der Waals surface area contributed by atoms with Gasteiger partial charge in [-0.2, -0.15) is 0 Å². The minimum absolute atomic E-state index is 0.0460. The van der Waals surface area contributed by atoms with E-state index in [1.807, 2.05) is 18.7 Å². The molecule has 164 valence electrons. The van der Waals surface area contributed by atoms with Crippen LogP contribution in [0.2, 0.25) is 0 Å². The average Bonchev–Trinajstić information content (AvgIpc) is 3.39. The van der Waals surface area contributed by atoms with Gasteiger partial charge in [-0.1, -0.05) is 32.0 Å². The third kappa shape index (κ3) is 2.07. The molecule has 3 aliphatic heterocycles. The highest BCUT2D eigenvalue weighted by molar-refractivity contribution is 6.30. The Morgan fingerprint density at radius 2 is 1.68 bits per heavy atom. The zero-order valence-corrected chi connectivity index (χ0v) is 17.9. The van der Waals surface area contributed by atoms with Gasteiger partial charge in [0.1, 0.15) is 11.6 Å². The van der Waals surface area contributed by atoms with Crippen molar-refractivity contribution in [3.63, 3.8) is 0 Å². The predicted octanol–water partition coefficient (Wildman–Crippen LogP) is 1.53. The molecule has 8 heteroatoms. The van der Waals surface area contributed by atoms with Crippen LogP contribution in [0.3, 0.4) is 0 Å². The Morgan fingerprint density at radius 1 is 1.06 bits per heavy atom. The number of esters is 1. The van der Waals surface area contributed by atoms with Crippen LogP contribution < -0.4 is 4.90 Å². The lowest BCUT2D eigenvalue weighted by molar-refractivity contribution is -0.197. The second kappa shape index (κ2) is 6.46. The normalized spacial score (nSPS) is 34.7. The Hall–Kier alpha value is -2.58.